The average molecular weight is 535 g/mol. The fraction of sp³-hybridized carbons (Fsp3) is 0.172. The number of fused-ring (bicyclic) bond motifs is 1. The molecule has 37 heavy (non-hydrogen) atoms. The number of rotatable bonds is 5. The number of aliphatic hydroxyl groups excluding tert-OH is 1. The number of halogens is 2. The van der Waals surface area contributed by atoms with Crippen LogP contribution in [0.15, 0.2) is 72.4 Å². The van der Waals surface area contributed by atoms with E-state index in [0.29, 0.717) is 11.3 Å². The smallest absolute Gasteiger partial charge is 0.300 e. The van der Waals surface area contributed by atoms with Gasteiger partial charge in [-0.05, 0) is 42.3 Å². The van der Waals surface area contributed by atoms with E-state index < -0.39 is 23.5 Å². The van der Waals surface area contributed by atoms with Gasteiger partial charge in [-0.25, -0.2) is 0 Å². The fourth-order valence-corrected chi connectivity index (χ4v) is 5.54. The summed E-state index contributed by atoms with van der Waals surface area (Å²) in [7, 11) is 3.30. The van der Waals surface area contributed by atoms with E-state index in [1.807, 2.05) is 73.3 Å². The van der Waals surface area contributed by atoms with Crippen LogP contribution in [0.3, 0.4) is 0 Å². The van der Waals surface area contributed by atoms with Crippen LogP contribution in [0, 0.1) is 0 Å². The van der Waals surface area contributed by atoms with Gasteiger partial charge in [-0.1, -0.05) is 60.5 Å². The molecule has 0 radical (unpaired) electrons. The monoisotopic (exact) mass is 534 g/mol. The van der Waals surface area contributed by atoms with Crippen molar-refractivity contribution in [2.75, 3.05) is 12.0 Å². The van der Waals surface area contributed by atoms with E-state index in [9.17, 15) is 14.7 Å². The second-order valence-electron chi connectivity index (χ2n) is 8.87. The molecule has 0 bridgehead atoms. The largest absolute Gasteiger partial charge is 0.507 e. The molecule has 1 fully saturated rings. The van der Waals surface area contributed by atoms with Crippen molar-refractivity contribution in [2.24, 2.45) is 7.05 Å². The minimum Gasteiger partial charge on any atom is -0.507 e. The van der Waals surface area contributed by atoms with E-state index in [1.165, 1.54) is 24.1 Å². The number of methoxy groups -OCH3 is 1. The second kappa shape index (κ2) is 9.61. The first-order chi connectivity index (χ1) is 17.8. The number of hydrogen-bond donors (Lipinski definition) is 1. The second-order valence-corrected chi connectivity index (χ2v) is 9.71. The number of carbonyl (C=O) groups excluding carboxylic acids is 2. The average Bonchev–Trinajstić information content (AvgIpc) is 3.36. The summed E-state index contributed by atoms with van der Waals surface area (Å²) in [6, 6.07) is 17.2. The summed E-state index contributed by atoms with van der Waals surface area (Å²) < 4.78 is 7.36. The van der Waals surface area contributed by atoms with Gasteiger partial charge in [0.2, 0.25) is 0 Å². The van der Waals surface area contributed by atoms with Gasteiger partial charge in [-0.2, -0.15) is 0 Å². The maximum Gasteiger partial charge on any atom is 0.300 e. The van der Waals surface area contributed by atoms with Crippen molar-refractivity contribution in [2.45, 2.75) is 19.4 Å². The molecule has 0 spiro atoms. The van der Waals surface area contributed by atoms with Crippen LogP contribution >= 0.6 is 23.2 Å². The molecule has 1 N–H and O–H groups in total. The van der Waals surface area contributed by atoms with Gasteiger partial charge in [0.1, 0.15) is 11.5 Å². The summed E-state index contributed by atoms with van der Waals surface area (Å²) in [6.45, 7) is 2.04. The molecule has 1 atom stereocenters. The molecule has 0 saturated carbocycles. The fourth-order valence-electron chi connectivity index (χ4n) is 4.97. The maximum atomic E-state index is 13.6. The Morgan fingerprint density at radius 1 is 1.05 bits per heavy atom. The minimum absolute atomic E-state index is 0.0717. The Labute approximate surface area is 224 Å². The van der Waals surface area contributed by atoms with Gasteiger partial charge in [-0.15, -0.1) is 0 Å². The number of nitrogens with zero attached hydrogens (tertiary/aromatic N) is 2. The standard InChI is InChI=1S/C29H24Cl2N2O4/c1-4-16-9-11-18(12-10-16)33-25(21-15-32(2)23-8-6-5-7-19(21)23)24(27(35)29(33)36)26(34)20-13-17(30)14-22(31)28(20)37-3/h5-15,25,34H,4H2,1-3H3/b26-24+. The van der Waals surface area contributed by atoms with Crippen LogP contribution in [0.5, 0.6) is 5.75 Å². The predicted octanol–water partition coefficient (Wildman–Crippen LogP) is 6.68. The highest BCUT2D eigenvalue weighted by Gasteiger charge is 2.48. The number of ketones is 1. The Bertz CT molecular complexity index is 1590. The maximum absolute atomic E-state index is 13.6. The van der Waals surface area contributed by atoms with Crippen LogP contribution in [0.25, 0.3) is 16.7 Å². The normalized spacial score (nSPS) is 17.1. The Morgan fingerprint density at radius 3 is 2.43 bits per heavy atom. The SMILES string of the molecule is CCc1ccc(N2C(=O)C(=O)/C(=C(/O)c3cc(Cl)cc(Cl)c3OC)C2c2cn(C)c3ccccc23)cc1. The summed E-state index contributed by atoms with van der Waals surface area (Å²) in [6.07, 6.45) is 2.71. The van der Waals surface area contributed by atoms with Gasteiger partial charge in [0.05, 0.1) is 29.3 Å². The van der Waals surface area contributed by atoms with Crippen molar-refractivity contribution in [3.05, 3.63) is 99.2 Å². The van der Waals surface area contributed by atoms with Crippen LogP contribution in [0.4, 0.5) is 5.69 Å². The zero-order valence-electron chi connectivity index (χ0n) is 20.5. The lowest BCUT2D eigenvalue weighted by Gasteiger charge is -2.25. The van der Waals surface area contributed by atoms with Gasteiger partial charge in [0, 0.05) is 40.4 Å². The molecule has 1 aliphatic rings. The molecule has 8 heteroatoms. The number of benzene rings is 3. The van der Waals surface area contributed by atoms with Crippen LogP contribution in [-0.2, 0) is 23.1 Å². The van der Waals surface area contributed by atoms with E-state index in [0.717, 1.165) is 22.9 Å². The van der Waals surface area contributed by atoms with Crippen molar-refractivity contribution in [3.63, 3.8) is 0 Å². The Kier molecular flexibility index (Phi) is 6.48. The number of aromatic nitrogens is 1. The van der Waals surface area contributed by atoms with E-state index in [4.69, 9.17) is 27.9 Å². The van der Waals surface area contributed by atoms with Crippen molar-refractivity contribution >= 4 is 57.2 Å². The molecule has 2 heterocycles. The van der Waals surface area contributed by atoms with Crippen LogP contribution in [-0.4, -0.2) is 28.5 Å². The molecule has 4 aromatic rings. The first-order valence-electron chi connectivity index (χ1n) is 11.7. The highest BCUT2D eigenvalue weighted by atomic mass is 35.5. The summed E-state index contributed by atoms with van der Waals surface area (Å²) in [5, 5.41) is 12.9. The lowest BCUT2D eigenvalue weighted by atomic mass is 9.94. The summed E-state index contributed by atoms with van der Waals surface area (Å²) in [5.41, 5.74) is 3.33. The van der Waals surface area contributed by atoms with Crippen molar-refractivity contribution in [1.82, 2.24) is 4.57 Å². The van der Waals surface area contributed by atoms with Gasteiger partial charge in [0.25, 0.3) is 11.7 Å². The van der Waals surface area contributed by atoms with Crippen LogP contribution in [0.2, 0.25) is 10.0 Å². The van der Waals surface area contributed by atoms with Crippen LogP contribution < -0.4 is 9.64 Å². The van der Waals surface area contributed by atoms with Crippen LogP contribution in [0.1, 0.15) is 29.7 Å². The highest BCUT2D eigenvalue weighted by molar-refractivity contribution is 6.52. The molecular formula is C29H24Cl2N2O4. The molecule has 0 aliphatic carbocycles. The number of hydrogen-bond acceptors (Lipinski definition) is 4. The molecule has 3 aromatic carbocycles. The molecule has 1 unspecified atom stereocenters. The van der Waals surface area contributed by atoms with Gasteiger partial charge in [-0.3, -0.25) is 14.5 Å². The summed E-state index contributed by atoms with van der Waals surface area (Å²) >= 11 is 12.6. The molecule has 5 rings (SSSR count). The Morgan fingerprint density at radius 2 is 1.76 bits per heavy atom. The van der Waals surface area contributed by atoms with E-state index in [2.05, 4.69) is 0 Å². The van der Waals surface area contributed by atoms with Crippen molar-refractivity contribution in [3.8, 4) is 5.75 Å². The van der Waals surface area contributed by atoms with Gasteiger partial charge < -0.3 is 14.4 Å². The predicted molar refractivity (Wildman–Crippen MR) is 147 cm³/mol. The van der Waals surface area contributed by atoms with Crippen molar-refractivity contribution in [1.29, 1.82) is 0 Å². The van der Waals surface area contributed by atoms with Gasteiger partial charge in [0.15, 0.2) is 0 Å². The number of aryl methyl sites for hydroxylation is 2. The number of ether oxygens (including phenoxy) is 1. The van der Waals surface area contributed by atoms with E-state index in [-0.39, 0.29) is 26.9 Å². The summed E-state index contributed by atoms with van der Waals surface area (Å²) in [4.78, 5) is 28.6. The number of para-hydroxylation sites is 1. The molecule has 1 saturated heterocycles. The van der Waals surface area contributed by atoms with Crippen molar-refractivity contribution < 1.29 is 19.4 Å². The number of amides is 1. The Balaban J connectivity index is 1.82. The third kappa shape index (κ3) is 4.06. The highest BCUT2D eigenvalue weighted by Crippen LogP contribution is 2.46. The zero-order chi connectivity index (χ0) is 26.4. The first-order valence-corrected chi connectivity index (χ1v) is 12.5. The topological polar surface area (TPSA) is 71.8 Å². The lowest BCUT2D eigenvalue weighted by molar-refractivity contribution is -0.132. The number of aliphatic hydroxyl groups is 1. The number of carbonyl (C=O) groups is 2. The van der Waals surface area contributed by atoms with E-state index >= 15 is 0 Å². The Hall–Kier alpha value is -3.74. The third-order valence-electron chi connectivity index (χ3n) is 6.76. The minimum atomic E-state index is -0.902. The van der Waals surface area contributed by atoms with E-state index in [1.54, 1.807) is 0 Å². The van der Waals surface area contributed by atoms with Gasteiger partial charge >= 0.3 is 0 Å². The molecule has 188 valence electrons. The first kappa shape index (κ1) is 24.9. The number of Topliss-reactive ketones (excluding diaryl/α,β-unsaturated/α-hetero) is 1. The molecule has 1 aromatic heterocycles. The molecular weight excluding hydrogens is 511 g/mol. The molecule has 1 amide bonds. The number of anilines is 1. The molecule has 6 nitrogen and oxygen atoms in total. The summed E-state index contributed by atoms with van der Waals surface area (Å²) in [5.74, 6) is -1.81. The third-order valence-corrected chi connectivity index (χ3v) is 7.26. The zero-order valence-corrected chi connectivity index (χ0v) is 22.0. The molecule has 1 aliphatic heterocycles. The lowest BCUT2D eigenvalue weighted by Crippen LogP contribution is -2.29. The quantitative estimate of drug-likeness (QED) is 0.176.